The average molecular weight is 244 g/mol. The number of ether oxygens (including phenoxy) is 1. The third-order valence-electron chi connectivity index (χ3n) is 2.67. The van der Waals surface area contributed by atoms with Crippen LogP contribution in [0.3, 0.4) is 0 Å². The summed E-state index contributed by atoms with van der Waals surface area (Å²) >= 11 is 0. The molecule has 0 aliphatic rings. The Bertz CT molecular complexity index is 443. The smallest absolute Gasteiger partial charge is 0.316 e. The molecule has 0 radical (unpaired) electrons. The third kappa shape index (κ3) is 4.06. The van der Waals surface area contributed by atoms with Gasteiger partial charge in [-0.1, -0.05) is 30.3 Å². The van der Waals surface area contributed by atoms with E-state index in [0.29, 0.717) is 12.8 Å². The maximum Gasteiger partial charge on any atom is 0.316 e. The number of rotatable bonds is 6. The molecule has 94 valence electrons. The summed E-state index contributed by atoms with van der Waals surface area (Å²) in [5.74, 6) is 0.980. The van der Waals surface area contributed by atoms with Gasteiger partial charge in [0.15, 0.2) is 0 Å². The van der Waals surface area contributed by atoms with E-state index >= 15 is 0 Å². The fraction of sp³-hybridized carbons (Fsp3) is 0.333. The zero-order valence-electron chi connectivity index (χ0n) is 10.4. The van der Waals surface area contributed by atoms with E-state index in [1.54, 1.807) is 0 Å². The predicted molar refractivity (Wildman–Crippen MR) is 68.7 cm³/mol. The number of esters is 1. The van der Waals surface area contributed by atoms with Gasteiger partial charge in [-0.05, 0) is 12.0 Å². The first kappa shape index (κ1) is 14.0. The number of methoxy groups -OCH3 is 1. The molecule has 0 saturated heterocycles. The Morgan fingerprint density at radius 3 is 2.56 bits per heavy atom. The number of hydrogen-bond donors (Lipinski definition) is 0. The van der Waals surface area contributed by atoms with Crippen molar-refractivity contribution in [2.45, 2.75) is 19.3 Å². The van der Waals surface area contributed by atoms with Crippen LogP contribution in [0, 0.1) is 18.3 Å². The SMILES string of the molecule is C#CCCC(=O)C(Cc1ccccc1)C(=O)OC. The van der Waals surface area contributed by atoms with Gasteiger partial charge in [0, 0.05) is 12.8 Å². The van der Waals surface area contributed by atoms with Crippen LogP contribution in [0.25, 0.3) is 0 Å². The standard InChI is InChI=1S/C15H16O3/c1-3-4-10-14(16)13(15(17)18-2)11-12-8-6-5-7-9-12/h1,5-9,13H,4,10-11H2,2H3. The molecule has 1 aromatic rings. The summed E-state index contributed by atoms with van der Waals surface area (Å²) in [7, 11) is 1.29. The van der Waals surface area contributed by atoms with E-state index in [0.717, 1.165) is 5.56 Å². The molecule has 1 unspecified atom stereocenters. The van der Waals surface area contributed by atoms with E-state index in [2.05, 4.69) is 10.7 Å². The Labute approximate surface area is 107 Å². The quantitative estimate of drug-likeness (QED) is 0.437. The van der Waals surface area contributed by atoms with E-state index in [4.69, 9.17) is 6.42 Å². The third-order valence-corrected chi connectivity index (χ3v) is 2.67. The van der Waals surface area contributed by atoms with Crippen LogP contribution in [0.1, 0.15) is 18.4 Å². The molecule has 0 aliphatic carbocycles. The number of hydrogen-bond acceptors (Lipinski definition) is 3. The Balaban J connectivity index is 2.76. The van der Waals surface area contributed by atoms with Gasteiger partial charge in [0.05, 0.1) is 7.11 Å². The lowest BCUT2D eigenvalue weighted by Crippen LogP contribution is -2.27. The van der Waals surface area contributed by atoms with Gasteiger partial charge in [0.25, 0.3) is 0 Å². The molecule has 0 spiro atoms. The van der Waals surface area contributed by atoms with Gasteiger partial charge in [-0.25, -0.2) is 0 Å². The maximum atomic E-state index is 11.9. The lowest BCUT2D eigenvalue weighted by molar-refractivity contribution is -0.149. The summed E-state index contributed by atoms with van der Waals surface area (Å²) in [5, 5.41) is 0. The van der Waals surface area contributed by atoms with Crippen molar-refractivity contribution in [3.63, 3.8) is 0 Å². The van der Waals surface area contributed by atoms with Gasteiger partial charge in [-0.3, -0.25) is 9.59 Å². The second kappa shape index (κ2) is 7.29. The first-order valence-electron chi connectivity index (χ1n) is 5.77. The van der Waals surface area contributed by atoms with Crippen molar-refractivity contribution in [1.82, 2.24) is 0 Å². The largest absolute Gasteiger partial charge is 0.468 e. The number of benzene rings is 1. The molecule has 0 amide bonds. The van der Waals surface area contributed by atoms with E-state index in [-0.39, 0.29) is 12.2 Å². The maximum absolute atomic E-state index is 11.9. The number of terminal acetylenes is 1. The van der Waals surface area contributed by atoms with Gasteiger partial charge in [0.1, 0.15) is 11.7 Å². The van der Waals surface area contributed by atoms with E-state index in [1.807, 2.05) is 30.3 Å². The van der Waals surface area contributed by atoms with Gasteiger partial charge >= 0.3 is 5.97 Å². The van der Waals surface area contributed by atoms with Crippen LogP contribution in [-0.4, -0.2) is 18.9 Å². The minimum absolute atomic E-state index is 0.163. The normalized spacial score (nSPS) is 11.3. The summed E-state index contributed by atoms with van der Waals surface area (Å²) in [6.45, 7) is 0. The fourth-order valence-corrected chi connectivity index (χ4v) is 1.69. The van der Waals surface area contributed by atoms with Crippen molar-refractivity contribution in [1.29, 1.82) is 0 Å². The molecule has 3 nitrogen and oxygen atoms in total. The van der Waals surface area contributed by atoms with Crippen LogP contribution in [-0.2, 0) is 20.7 Å². The van der Waals surface area contributed by atoms with Gasteiger partial charge in [-0.15, -0.1) is 12.3 Å². The molecule has 1 atom stereocenters. The zero-order valence-corrected chi connectivity index (χ0v) is 10.4. The summed E-state index contributed by atoms with van der Waals surface area (Å²) < 4.78 is 4.67. The monoisotopic (exact) mass is 244 g/mol. The van der Waals surface area contributed by atoms with Crippen LogP contribution < -0.4 is 0 Å². The Morgan fingerprint density at radius 2 is 2.00 bits per heavy atom. The number of ketones is 1. The molecule has 1 rings (SSSR count). The molecule has 0 saturated carbocycles. The topological polar surface area (TPSA) is 43.4 Å². The van der Waals surface area contributed by atoms with Crippen molar-refractivity contribution < 1.29 is 14.3 Å². The molecule has 18 heavy (non-hydrogen) atoms. The highest BCUT2D eigenvalue weighted by Gasteiger charge is 2.26. The minimum atomic E-state index is -0.759. The second-order valence-electron chi connectivity index (χ2n) is 3.94. The molecule has 0 fully saturated rings. The van der Waals surface area contributed by atoms with Crippen LogP contribution in [0.2, 0.25) is 0 Å². The lowest BCUT2D eigenvalue weighted by Gasteiger charge is -2.13. The molecular weight excluding hydrogens is 228 g/mol. The van der Waals surface area contributed by atoms with E-state index in [1.165, 1.54) is 7.11 Å². The fourth-order valence-electron chi connectivity index (χ4n) is 1.69. The lowest BCUT2D eigenvalue weighted by atomic mass is 9.93. The van der Waals surface area contributed by atoms with Gasteiger partial charge < -0.3 is 4.74 Å². The molecular formula is C15H16O3. The van der Waals surface area contributed by atoms with Crippen molar-refractivity contribution >= 4 is 11.8 Å². The summed E-state index contributed by atoms with van der Waals surface area (Å²) in [5.41, 5.74) is 0.932. The summed E-state index contributed by atoms with van der Waals surface area (Å²) in [4.78, 5) is 23.5. The molecule has 0 bridgehead atoms. The van der Waals surface area contributed by atoms with Crippen LogP contribution >= 0.6 is 0 Å². The molecule has 0 heterocycles. The first-order valence-corrected chi connectivity index (χ1v) is 5.77. The van der Waals surface area contributed by atoms with Crippen molar-refractivity contribution in [3.05, 3.63) is 35.9 Å². The molecule has 0 aliphatic heterocycles. The first-order chi connectivity index (χ1) is 8.69. The molecule has 0 aromatic heterocycles. The number of Topliss-reactive ketones (excluding diaryl/α,β-unsaturated/α-hetero) is 1. The van der Waals surface area contributed by atoms with E-state index in [9.17, 15) is 9.59 Å². The molecule has 1 aromatic carbocycles. The highest BCUT2D eigenvalue weighted by Crippen LogP contribution is 2.14. The molecule has 3 heteroatoms. The summed E-state index contributed by atoms with van der Waals surface area (Å²) in [6, 6.07) is 9.39. The van der Waals surface area contributed by atoms with Crippen LogP contribution in [0.15, 0.2) is 30.3 Å². The average Bonchev–Trinajstić information content (AvgIpc) is 2.42. The number of carbonyl (C=O) groups is 2. The van der Waals surface area contributed by atoms with Crippen LogP contribution in [0.4, 0.5) is 0 Å². The van der Waals surface area contributed by atoms with Gasteiger partial charge in [0.2, 0.25) is 0 Å². The van der Waals surface area contributed by atoms with Crippen LogP contribution in [0.5, 0.6) is 0 Å². The van der Waals surface area contributed by atoms with Crippen molar-refractivity contribution in [2.24, 2.45) is 5.92 Å². The Hall–Kier alpha value is -2.08. The van der Waals surface area contributed by atoms with Gasteiger partial charge in [-0.2, -0.15) is 0 Å². The highest BCUT2D eigenvalue weighted by atomic mass is 16.5. The Morgan fingerprint density at radius 1 is 1.33 bits per heavy atom. The van der Waals surface area contributed by atoms with E-state index < -0.39 is 11.9 Å². The van der Waals surface area contributed by atoms with Crippen molar-refractivity contribution in [2.75, 3.05) is 7.11 Å². The summed E-state index contributed by atoms with van der Waals surface area (Å²) in [6.07, 6.45) is 6.04. The minimum Gasteiger partial charge on any atom is -0.468 e. The molecule has 0 N–H and O–H groups in total. The second-order valence-corrected chi connectivity index (χ2v) is 3.94. The zero-order chi connectivity index (χ0) is 13.4. The van der Waals surface area contributed by atoms with Crippen molar-refractivity contribution in [3.8, 4) is 12.3 Å². The Kier molecular flexibility index (Phi) is 5.66. The number of carbonyl (C=O) groups excluding carboxylic acids is 2. The predicted octanol–water partition coefficient (Wildman–Crippen LogP) is 2.00. The highest BCUT2D eigenvalue weighted by molar-refractivity contribution is 5.99.